The van der Waals surface area contributed by atoms with Crippen LogP contribution in [0.2, 0.25) is 0 Å². The summed E-state index contributed by atoms with van der Waals surface area (Å²) in [5.41, 5.74) is 7.94. The molecule has 67 heavy (non-hydrogen) atoms. The minimum atomic E-state index is -1.65. The van der Waals surface area contributed by atoms with E-state index in [2.05, 4.69) is 42.2 Å². The molecule has 0 aliphatic heterocycles. The van der Waals surface area contributed by atoms with Crippen molar-refractivity contribution in [2.24, 2.45) is 23.5 Å². The van der Waals surface area contributed by atoms with Gasteiger partial charge in [-0.3, -0.25) is 38.4 Å². The third-order valence-corrected chi connectivity index (χ3v) is 10.5. The van der Waals surface area contributed by atoms with Crippen LogP contribution in [-0.2, 0) is 56.0 Å². The maximum atomic E-state index is 14.2. The molecule has 1 heterocycles. The summed E-state index contributed by atoms with van der Waals surface area (Å²) in [7, 11) is 0. The van der Waals surface area contributed by atoms with Crippen LogP contribution in [0.1, 0.15) is 71.9 Å². The molecular formula is C46H65N9O12. The summed E-state index contributed by atoms with van der Waals surface area (Å²) >= 11 is 0. The van der Waals surface area contributed by atoms with Gasteiger partial charge in [0.05, 0.1) is 25.6 Å². The topological polar surface area (TPSA) is 340 Å². The largest absolute Gasteiger partial charge is 0.481 e. The highest BCUT2D eigenvalue weighted by Crippen LogP contribution is 2.20. The van der Waals surface area contributed by atoms with Crippen LogP contribution in [0.3, 0.4) is 0 Å². The van der Waals surface area contributed by atoms with E-state index in [1.54, 1.807) is 82.4 Å². The number of amides is 7. The number of aromatic nitrogens is 1. The van der Waals surface area contributed by atoms with Gasteiger partial charge in [0.1, 0.15) is 36.3 Å². The molecule has 0 aliphatic rings. The Morgan fingerprint density at radius 3 is 1.73 bits per heavy atom. The number of aliphatic carboxylic acids is 2. The Kier molecular flexibility index (Phi) is 21.4. The molecule has 0 saturated heterocycles. The minimum absolute atomic E-state index is 0.00797. The summed E-state index contributed by atoms with van der Waals surface area (Å²) in [6.45, 7) is 8.64. The fourth-order valence-corrected chi connectivity index (χ4v) is 7.08. The van der Waals surface area contributed by atoms with Crippen LogP contribution in [-0.4, -0.2) is 129 Å². The molecule has 13 N–H and O–H groups in total. The van der Waals surface area contributed by atoms with E-state index in [4.69, 9.17) is 5.73 Å². The quantitative estimate of drug-likeness (QED) is 0.0464. The molecular weight excluding hydrogens is 871 g/mol. The molecule has 0 fully saturated rings. The van der Waals surface area contributed by atoms with Crippen molar-refractivity contribution in [2.75, 3.05) is 13.2 Å². The molecule has 0 bridgehead atoms. The lowest BCUT2D eigenvalue weighted by atomic mass is 10.0. The number of carbonyl (C=O) groups excluding carboxylic acids is 7. The highest BCUT2D eigenvalue weighted by Gasteiger charge is 2.34. The number of nitrogens with one attached hydrogen (secondary N) is 8. The second-order valence-corrected chi connectivity index (χ2v) is 17.6. The Morgan fingerprint density at radius 1 is 0.597 bits per heavy atom. The molecule has 7 unspecified atom stereocenters. The maximum Gasteiger partial charge on any atom is 0.326 e. The Balaban J connectivity index is 1.79. The molecule has 3 aromatic rings. The van der Waals surface area contributed by atoms with Gasteiger partial charge in [-0.25, -0.2) is 4.79 Å². The van der Waals surface area contributed by atoms with Gasteiger partial charge in [0.15, 0.2) is 0 Å². The molecule has 2 aromatic carbocycles. The first-order valence-electron chi connectivity index (χ1n) is 22.1. The Hall–Kier alpha value is -6.87. The molecule has 0 spiro atoms. The molecule has 0 radical (unpaired) electrons. The van der Waals surface area contributed by atoms with E-state index >= 15 is 0 Å². The number of H-pyrrole nitrogens is 1. The molecule has 21 heteroatoms. The molecule has 366 valence electrons. The highest BCUT2D eigenvalue weighted by molar-refractivity contribution is 5.98. The first kappa shape index (κ1) is 54.5. The zero-order valence-corrected chi connectivity index (χ0v) is 38.6. The number of benzene rings is 2. The van der Waals surface area contributed by atoms with Gasteiger partial charge in [-0.1, -0.05) is 90.1 Å². The average molecular weight is 936 g/mol. The number of carbonyl (C=O) groups is 9. The van der Waals surface area contributed by atoms with Crippen molar-refractivity contribution < 1.29 is 58.5 Å². The zero-order chi connectivity index (χ0) is 50.0. The number of nitrogens with two attached hydrogens (primary N) is 1. The minimum Gasteiger partial charge on any atom is -0.481 e. The Bertz CT molecular complexity index is 2200. The second kappa shape index (κ2) is 26.3. The monoisotopic (exact) mass is 935 g/mol. The molecule has 21 nitrogen and oxygen atoms in total. The second-order valence-electron chi connectivity index (χ2n) is 17.6. The lowest BCUT2D eigenvalue weighted by Crippen LogP contribution is -2.59. The number of hydrogen-bond acceptors (Lipinski definition) is 11. The number of hydrogen-bond donors (Lipinski definition) is 12. The van der Waals surface area contributed by atoms with Gasteiger partial charge < -0.3 is 63.3 Å². The molecule has 3 rings (SSSR count). The molecule has 0 aliphatic carbocycles. The van der Waals surface area contributed by atoms with Gasteiger partial charge in [0.2, 0.25) is 41.4 Å². The number of aliphatic hydroxyl groups is 1. The molecule has 7 atom stereocenters. The summed E-state index contributed by atoms with van der Waals surface area (Å²) in [6, 6.07) is 6.32. The van der Waals surface area contributed by atoms with Gasteiger partial charge in [0, 0.05) is 29.9 Å². The summed E-state index contributed by atoms with van der Waals surface area (Å²) < 4.78 is 0. The average Bonchev–Trinajstić information content (AvgIpc) is 3.67. The predicted molar refractivity (Wildman–Crippen MR) is 245 cm³/mol. The highest BCUT2D eigenvalue weighted by atomic mass is 16.4. The van der Waals surface area contributed by atoms with Crippen LogP contribution in [0.5, 0.6) is 0 Å². The van der Waals surface area contributed by atoms with Crippen molar-refractivity contribution in [2.45, 2.75) is 116 Å². The summed E-state index contributed by atoms with van der Waals surface area (Å²) in [5.74, 6) is -9.58. The molecule has 0 saturated carbocycles. The summed E-state index contributed by atoms with van der Waals surface area (Å²) in [6.07, 6.45) is 0.943. The van der Waals surface area contributed by atoms with Gasteiger partial charge in [-0.05, 0) is 47.8 Å². The third-order valence-electron chi connectivity index (χ3n) is 10.5. The first-order chi connectivity index (χ1) is 31.6. The first-order valence-corrected chi connectivity index (χ1v) is 22.1. The van der Waals surface area contributed by atoms with E-state index < -0.39 is 121 Å². The van der Waals surface area contributed by atoms with Crippen molar-refractivity contribution in [3.8, 4) is 0 Å². The number of aromatic amines is 1. The van der Waals surface area contributed by atoms with E-state index in [0.29, 0.717) is 11.1 Å². The summed E-state index contributed by atoms with van der Waals surface area (Å²) in [5, 5.41) is 47.3. The van der Waals surface area contributed by atoms with E-state index in [1.165, 1.54) is 0 Å². The fraction of sp³-hybridized carbons (Fsp3) is 0.500. The number of fused-ring (bicyclic) bond motifs is 1. The van der Waals surface area contributed by atoms with Crippen molar-refractivity contribution in [3.05, 3.63) is 71.9 Å². The van der Waals surface area contributed by atoms with Gasteiger partial charge in [-0.15, -0.1) is 0 Å². The van der Waals surface area contributed by atoms with Crippen molar-refractivity contribution in [3.63, 3.8) is 0 Å². The lowest BCUT2D eigenvalue weighted by molar-refractivity contribution is -0.143. The fourth-order valence-electron chi connectivity index (χ4n) is 7.08. The van der Waals surface area contributed by atoms with Crippen LogP contribution < -0.4 is 43.0 Å². The van der Waals surface area contributed by atoms with Crippen LogP contribution >= 0.6 is 0 Å². The van der Waals surface area contributed by atoms with Gasteiger partial charge in [0.25, 0.3) is 0 Å². The van der Waals surface area contributed by atoms with Crippen LogP contribution in [0, 0.1) is 17.8 Å². The number of carboxylic acid groups (broad SMARTS) is 2. The number of carboxylic acids is 2. The zero-order valence-electron chi connectivity index (χ0n) is 38.6. The van der Waals surface area contributed by atoms with Crippen LogP contribution in [0.15, 0.2) is 60.8 Å². The van der Waals surface area contributed by atoms with Crippen molar-refractivity contribution in [1.29, 1.82) is 0 Å². The van der Waals surface area contributed by atoms with E-state index in [9.17, 15) is 58.5 Å². The number of aliphatic hydroxyl groups excluding tert-OH is 1. The molecule has 7 amide bonds. The Labute approximate surface area is 388 Å². The van der Waals surface area contributed by atoms with Crippen LogP contribution in [0.4, 0.5) is 0 Å². The number of para-hydroxylation sites is 1. The van der Waals surface area contributed by atoms with Crippen molar-refractivity contribution >= 4 is 64.2 Å². The lowest BCUT2D eigenvalue weighted by Gasteiger charge is -2.26. The predicted octanol–water partition coefficient (Wildman–Crippen LogP) is -0.395. The maximum absolute atomic E-state index is 14.2. The van der Waals surface area contributed by atoms with Crippen molar-refractivity contribution in [1.82, 2.24) is 42.2 Å². The van der Waals surface area contributed by atoms with Gasteiger partial charge in [-0.2, -0.15) is 0 Å². The number of rotatable bonds is 27. The summed E-state index contributed by atoms with van der Waals surface area (Å²) in [4.78, 5) is 121. The standard InChI is InChI=1S/C46H65N9O12/c1-24(2)16-30(47)40(60)51-35(20-38(58)59)44(64)52-32(17-25(3)4)42(62)54-36(23-56)41(61)49-22-37(57)50-34(19-28-21-48-31-15-11-10-14-29(28)31)43(63)53-33(18-27-12-8-7-9-13-27)45(65)55-39(26(5)6)46(66)67/h7-15,21,24-26,30,32-36,39,48,56H,16-20,22-23,47H2,1-6H3,(H,49,61)(H,50,57)(H,51,60)(H,52,64)(H,53,63)(H,54,62)(H,55,65)(H,58,59)(H,66,67). The third kappa shape index (κ3) is 17.8. The van der Waals surface area contributed by atoms with E-state index in [0.717, 1.165) is 10.9 Å². The van der Waals surface area contributed by atoms with E-state index in [1.807, 2.05) is 19.9 Å². The molecule has 1 aromatic heterocycles. The Morgan fingerprint density at radius 2 is 1.13 bits per heavy atom. The van der Waals surface area contributed by atoms with Crippen LogP contribution in [0.25, 0.3) is 10.9 Å². The SMILES string of the molecule is CC(C)CC(N)C(=O)NC(CC(=O)O)C(=O)NC(CC(C)C)C(=O)NC(CO)C(=O)NCC(=O)NC(Cc1c[nH]c2ccccc12)C(=O)NC(Cc1ccccc1)C(=O)NC(C(=O)O)C(C)C. The smallest absolute Gasteiger partial charge is 0.326 e. The van der Waals surface area contributed by atoms with Gasteiger partial charge >= 0.3 is 11.9 Å². The van der Waals surface area contributed by atoms with E-state index in [-0.39, 0.29) is 37.5 Å². The normalized spacial score (nSPS) is 14.4.